The van der Waals surface area contributed by atoms with E-state index >= 15 is 0 Å². The summed E-state index contributed by atoms with van der Waals surface area (Å²) in [7, 11) is 0. The highest BCUT2D eigenvalue weighted by Crippen LogP contribution is 2.19. The highest BCUT2D eigenvalue weighted by atomic mass is 32.1. The van der Waals surface area contributed by atoms with Crippen molar-refractivity contribution in [3.05, 3.63) is 51.4 Å². The van der Waals surface area contributed by atoms with Gasteiger partial charge in [0.15, 0.2) is 0 Å². The molecule has 1 heterocycles. The molecule has 94 valence electrons. The summed E-state index contributed by atoms with van der Waals surface area (Å²) in [5, 5.41) is 13.7. The van der Waals surface area contributed by atoms with Crippen molar-refractivity contribution in [1.29, 1.82) is 0 Å². The van der Waals surface area contributed by atoms with Gasteiger partial charge in [-0.3, -0.25) is 4.79 Å². The molecule has 0 spiro atoms. The fourth-order valence-electron chi connectivity index (χ4n) is 1.90. The molecule has 0 saturated heterocycles. The van der Waals surface area contributed by atoms with Crippen LogP contribution < -0.4 is 5.56 Å². The van der Waals surface area contributed by atoms with Crippen molar-refractivity contribution in [3.63, 3.8) is 0 Å². The number of rotatable bonds is 2. The van der Waals surface area contributed by atoms with Crippen molar-refractivity contribution in [2.24, 2.45) is 0 Å². The van der Waals surface area contributed by atoms with E-state index in [9.17, 15) is 9.90 Å². The van der Waals surface area contributed by atoms with Gasteiger partial charge in [0.1, 0.15) is 11.4 Å². The van der Waals surface area contributed by atoms with Crippen LogP contribution in [0.5, 0.6) is 5.75 Å². The van der Waals surface area contributed by atoms with Crippen molar-refractivity contribution < 1.29 is 5.11 Å². The Kier molecular flexibility index (Phi) is 3.43. The summed E-state index contributed by atoms with van der Waals surface area (Å²) >= 11 is 4.09. The number of nitrogens with zero attached hydrogens (tertiary/aromatic N) is 2. The van der Waals surface area contributed by atoms with Gasteiger partial charge in [0.25, 0.3) is 5.56 Å². The Bertz CT molecular complexity index is 630. The third kappa shape index (κ3) is 2.13. The van der Waals surface area contributed by atoms with Crippen LogP contribution in [0.2, 0.25) is 0 Å². The predicted molar refractivity (Wildman–Crippen MR) is 73.7 cm³/mol. The molecule has 0 saturated carbocycles. The van der Waals surface area contributed by atoms with Crippen molar-refractivity contribution in [3.8, 4) is 11.4 Å². The maximum Gasteiger partial charge on any atom is 0.275 e. The largest absolute Gasteiger partial charge is 0.506 e. The first-order valence-corrected chi connectivity index (χ1v) is 6.17. The van der Waals surface area contributed by atoms with Crippen LogP contribution in [0, 0.1) is 13.8 Å². The van der Waals surface area contributed by atoms with Gasteiger partial charge in [-0.05, 0) is 25.0 Å². The van der Waals surface area contributed by atoms with Crippen LogP contribution in [0.15, 0.2) is 29.1 Å². The second kappa shape index (κ2) is 4.86. The molecule has 1 aromatic carbocycles. The van der Waals surface area contributed by atoms with Crippen molar-refractivity contribution in [1.82, 2.24) is 9.78 Å². The van der Waals surface area contributed by atoms with E-state index in [1.165, 1.54) is 10.7 Å². The lowest BCUT2D eigenvalue weighted by Crippen LogP contribution is -2.23. The van der Waals surface area contributed by atoms with E-state index in [0.717, 1.165) is 16.8 Å². The number of aryl methyl sites for hydroxylation is 2. The van der Waals surface area contributed by atoms with Gasteiger partial charge in [-0.2, -0.15) is 22.4 Å². The molecule has 0 fully saturated rings. The number of benzene rings is 1. The molecular weight excluding hydrogens is 248 g/mol. The molecule has 0 radical (unpaired) electrons. The normalized spacial score (nSPS) is 10.6. The van der Waals surface area contributed by atoms with Crippen LogP contribution in [0.1, 0.15) is 16.8 Å². The third-order valence-electron chi connectivity index (χ3n) is 2.79. The number of para-hydroxylation sites is 1. The summed E-state index contributed by atoms with van der Waals surface area (Å²) < 4.78 is 1.32. The Morgan fingerprint density at radius 1 is 1.33 bits per heavy atom. The molecule has 0 atom stereocenters. The van der Waals surface area contributed by atoms with Gasteiger partial charge >= 0.3 is 0 Å². The molecule has 0 aliphatic heterocycles. The van der Waals surface area contributed by atoms with E-state index in [2.05, 4.69) is 17.7 Å². The SMILES string of the molecule is Cc1cccc(C)c1-n1nc(CS)c(O)cc1=O. The summed E-state index contributed by atoms with van der Waals surface area (Å²) in [6.07, 6.45) is 0. The minimum atomic E-state index is -0.351. The molecule has 0 amide bonds. The molecule has 1 N–H and O–H groups in total. The van der Waals surface area contributed by atoms with Gasteiger partial charge in [0, 0.05) is 11.8 Å². The van der Waals surface area contributed by atoms with Crippen LogP contribution in [0.4, 0.5) is 0 Å². The minimum absolute atomic E-state index is 0.113. The second-order valence-corrected chi connectivity index (χ2v) is 4.44. The summed E-state index contributed by atoms with van der Waals surface area (Å²) in [4.78, 5) is 11.9. The zero-order valence-electron chi connectivity index (χ0n) is 10.2. The molecular formula is C13H14N2O2S. The molecule has 0 bridgehead atoms. The summed E-state index contributed by atoms with van der Waals surface area (Å²) in [6.45, 7) is 3.84. The fourth-order valence-corrected chi connectivity index (χ4v) is 2.12. The van der Waals surface area contributed by atoms with E-state index < -0.39 is 0 Å². The van der Waals surface area contributed by atoms with E-state index in [4.69, 9.17) is 0 Å². The maximum absolute atomic E-state index is 11.9. The molecule has 5 heteroatoms. The molecule has 2 rings (SSSR count). The van der Waals surface area contributed by atoms with Crippen molar-refractivity contribution in [2.75, 3.05) is 0 Å². The quantitative estimate of drug-likeness (QED) is 0.814. The third-order valence-corrected chi connectivity index (χ3v) is 3.09. The van der Waals surface area contributed by atoms with E-state index in [1.807, 2.05) is 32.0 Å². The fraction of sp³-hybridized carbons (Fsp3) is 0.231. The highest BCUT2D eigenvalue weighted by molar-refractivity contribution is 7.79. The monoisotopic (exact) mass is 262 g/mol. The van der Waals surface area contributed by atoms with Crippen molar-refractivity contribution in [2.45, 2.75) is 19.6 Å². The van der Waals surface area contributed by atoms with Crippen molar-refractivity contribution >= 4 is 12.6 Å². The van der Waals surface area contributed by atoms with Gasteiger partial charge in [-0.15, -0.1) is 0 Å². The first-order chi connectivity index (χ1) is 8.54. The molecule has 0 aliphatic carbocycles. The molecule has 18 heavy (non-hydrogen) atoms. The average molecular weight is 262 g/mol. The van der Waals surface area contributed by atoms with Gasteiger partial charge in [0.2, 0.25) is 0 Å². The lowest BCUT2D eigenvalue weighted by Gasteiger charge is -2.12. The minimum Gasteiger partial charge on any atom is -0.506 e. The Labute approximate surface area is 110 Å². The van der Waals surface area contributed by atoms with Crippen LogP contribution in [-0.2, 0) is 5.75 Å². The smallest absolute Gasteiger partial charge is 0.275 e. The van der Waals surface area contributed by atoms with Gasteiger partial charge in [-0.1, -0.05) is 18.2 Å². The lowest BCUT2D eigenvalue weighted by atomic mass is 10.1. The predicted octanol–water partition coefficient (Wildman–Crippen LogP) is 1.98. The summed E-state index contributed by atoms with van der Waals surface area (Å²) in [5.74, 6) is 0.161. The van der Waals surface area contributed by atoms with Gasteiger partial charge < -0.3 is 5.11 Å². The number of hydrogen-bond acceptors (Lipinski definition) is 4. The first kappa shape index (κ1) is 12.7. The molecule has 4 nitrogen and oxygen atoms in total. The zero-order chi connectivity index (χ0) is 13.3. The van der Waals surface area contributed by atoms with Crippen LogP contribution in [0.3, 0.4) is 0 Å². The maximum atomic E-state index is 11.9. The van der Waals surface area contributed by atoms with Crippen LogP contribution in [0.25, 0.3) is 5.69 Å². The number of aromatic hydroxyl groups is 1. The Morgan fingerprint density at radius 2 is 1.94 bits per heavy atom. The van der Waals surface area contributed by atoms with Gasteiger partial charge in [0.05, 0.1) is 5.69 Å². The molecule has 0 aliphatic rings. The van der Waals surface area contributed by atoms with Crippen LogP contribution in [-0.4, -0.2) is 14.9 Å². The lowest BCUT2D eigenvalue weighted by molar-refractivity contribution is 0.460. The number of thiol groups is 1. The summed E-state index contributed by atoms with van der Waals surface area (Å²) in [5.41, 5.74) is 2.71. The number of aromatic nitrogens is 2. The Hall–Kier alpha value is -1.75. The average Bonchev–Trinajstić information content (AvgIpc) is 2.31. The molecule has 1 aromatic heterocycles. The van der Waals surface area contributed by atoms with Crippen LogP contribution >= 0.6 is 12.6 Å². The van der Waals surface area contributed by atoms with Gasteiger partial charge in [-0.25, -0.2) is 0 Å². The topological polar surface area (TPSA) is 55.1 Å². The standard InChI is InChI=1S/C13H14N2O2S/c1-8-4-3-5-9(2)13(8)15-12(17)6-11(16)10(7-18)14-15/h3-6,16,18H,7H2,1-2H3. The summed E-state index contributed by atoms with van der Waals surface area (Å²) in [6, 6.07) is 6.94. The molecule has 0 unspecified atom stereocenters. The number of hydrogen-bond donors (Lipinski definition) is 2. The van der Waals surface area contributed by atoms with E-state index in [-0.39, 0.29) is 17.1 Å². The Balaban J connectivity index is 2.75. The molecule has 2 aromatic rings. The van der Waals surface area contributed by atoms with E-state index in [0.29, 0.717) is 5.69 Å². The Morgan fingerprint density at radius 3 is 2.50 bits per heavy atom. The highest BCUT2D eigenvalue weighted by Gasteiger charge is 2.11. The zero-order valence-corrected chi connectivity index (χ0v) is 11.1. The van der Waals surface area contributed by atoms with E-state index in [1.54, 1.807) is 0 Å². The first-order valence-electron chi connectivity index (χ1n) is 5.54. The second-order valence-electron chi connectivity index (χ2n) is 4.12.